The van der Waals surface area contributed by atoms with Crippen LogP contribution in [0.1, 0.15) is 26.2 Å². The molecule has 1 N–H and O–H groups in total. The van der Waals surface area contributed by atoms with Gasteiger partial charge in [-0.15, -0.1) is 0 Å². The van der Waals surface area contributed by atoms with Crippen LogP contribution in [0.4, 0.5) is 5.69 Å². The molecule has 2 heterocycles. The molecule has 2 aliphatic heterocycles. The Morgan fingerprint density at radius 1 is 1.21 bits per heavy atom. The molecule has 0 bridgehead atoms. The molecular weight excluding hydrogens is 378 g/mol. The molecule has 7 nitrogen and oxygen atoms in total. The van der Waals surface area contributed by atoms with Gasteiger partial charge in [0.1, 0.15) is 5.75 Å². The molecule has 1 atom stereocenters. The topological polar surface area (TPSA) is 81.2 Å². The number of carbonyl (C=O) groups excluding carboxylic acids is 1. The lowest BCUT2D eigenvalue weighted by Gasteiger charge is -2.37. The van der Waals surface area contributed by atoms with Crippen molar-refractivity contribution in [1.29, 1.82) is 0 Å². The van der Waals surface area contributed by atoms with Gasteiger partial charge in [-0.05, 0) is 25.0 Å². The number of anilines is 1. The lowest BCUT2D eigenvalue weighted by atomic mass is 10.2. The minimum Gasteiger partial charge on any atom is -0.506 e. The average Bonchev–Trinajstić information content (AvgIpc) is 3.03. The minimum atomic E-state index is -3.01. The number of sulfone groups is 1. The van der Waals surface area contributed by atoms with Crippen molar-refractivity contribution in [3.05, 3.63) is 24.3 Å². The Morgan fingerprint density at radius 2 is 1.93 bits per heavy atom. The van der Waals surface area contributed by atoms with Gasteiger partial charge in [-0.3, -0.25) is 9.69 Å². The van der Waals surface area contributed by atoms with Crippen molar-refractivity contribution < 1.29 is 18.3 Å². The lowest BCUT2D eigenvalue weighted by molar-refractivity contribution is -0.134. The molecule has 1 aromatic carbocycles. The molecule has 2 saturated heterocycles. The van der Waals surface area contributed by atoms with Crippen LogP contribution in [0.3, 0.4) is 0 Å². The monoisotopic (exact) mass is 409 g/mol. The highest BCUT2D eigenvalue weighted by Crippen LogP contribution is 2.27. The first-order chi connectivity index (χ1) is 13.4. The first-order valence-corrected chi connectivity index (χ1v) is 12.0. The smallest absolute Gasteiger partial charge is 0.237 e. The molecule has 0 saturated carbocycles. The molecule has 0 radical (unpaired) electrons. The zero-order valence-electron chi connectivity index (χ0n) is 16.6. The second kappa shape index (κ2) is 9.13. The third-order valence-corrected chi connectivity index (χ3v) is 7.43. The number of unbranched alkanes of at least 4 members (excludes halogenated alkanes) is 1. The van der Waals surface area contributed by atoms with Crippen LogP contribution in [-0.4, -0.2) is 86.0 Å². The van der Waals surface area contributed by atoms with Crippen LogP contribution < -0.4 is 4.90 Å². The minimum absolute atomic E-state index is 0.0339. The van der Waals surface area contributed by atoms with Crippen LogP contribution in [0.15, 0.2) is 24.3 Å². The Hall–Kier alpha value is -1.80. The fourth-order valence-corrected chi connectivity index (χ4v) is 5.75. The number of hydrogen-bond donors (Lipinski definition) is 1. The molecule has 0 aromatic heterocycles. The SMILES string of the molecule is CCCCN(C(=O)CN1CCN(c2ccccc2O)CC1)[C@@H]1CCS(=O)(=O)C1. The van der Waals surface area contributed by atoms with Crippen molar-refractivity contribution in [2.24, 2.45) is 0 Å². The van der Waals surface area contributed by atoms with E-state index in [9.17, 15) is 18.3 Å². The number of para-hydroxylation sites is 2. The van der Waals surface area contributed by atoms with Crippen molar-refractivity contribution in [3.8, 4) is 5.75 Å². The number of rotatable bonds is 7. The Kier molecular flexibility index (Phi) is 6.82. The van der Waals surface area contributed by atoms with Crippen LogP contribution >= 0.6 is 0 Å². The van der Waals surface area contributed by atoms with E-state index in [0.29, 0.717) is 19.5 Å². The molecule has 0 unspecified atom stereocenters. The summed E-state index contributed by atoms with van der Waals surface area (Å²) < 4.78 is 23.7. The Bertz CT molecular complexity index is 775. The first-order valence-electron chi connectivity index (χ1n) is 10.1. The number of nitrogens with zero attached hydrogens (tertiary/aromatic N) is 3. The summed E-state index contributed by atoms with van der Waals surface area (Å²) in [5.41, 5.74) is 0.828. The Labute approximate surface area is 167 Å². The maximum Gasteiger partial charge on any atom is 0.237 e. The van der Waals surface area contributed by atoms with Gasteiger partial charge in [-0.1, -0.05) is 25.5 Å². The number of piperazine rings is 1. The molecule has 3 rings (SSSR count). The van der Waals surface area contributed by atoms with Gasteiger partial charge in [0.15, 0.2) is 9.84 Å². The second-order valence-electron chi connectivity index (χ2n) is 7.75. The fraction of sp³-hybridized carbons (Fsp3) is 0.650. The molecule has 156 valence electrons. The predicted molar refractivity (Wildman–Crippen MR) is 110 cm³/mol. The van der Waals surface area contributed by atoms with E-state index in [0.717, 1.165) is 44.7 Å². The quantitative estimate of drug-likeness (QED) is 0.732. The largest absolute Gasteiger partial charge is 0.506 e. The lowest BCUT2D eigenvalue weighted by Crippen LogP contribution is -2.52. The first kappa shape index (κ1) is 20.9. The number of amides is 1. The van der Waals surface area contributed by atoms with Crippen molar-refractivity contribution in [1.82, 2.24) is 9.80 Å². The zero-order chi connectivity index (χ0) is 20.1. The molecule has 28 heavy (non-hydrogen) atoms. The van der Waals surface area contributed by atoms with E-state index >= 15 is 0 Å². The van der Waals surface area contributed by atoms with E-state index in [2.05, 4.69) is 16.7 Å². The van der Waals surface area contributed by atoms with Crippen LogP contribution in [0.5, 0.6) is 5.75 Å². The molecule has 1 aromatic rings. The molecule has 2 aliphatic rings. The van der Waals surface area contributed by atoms with Crippen LogP contribution in [0.25, 0.3) is 0 Å². The molecule has 1 amide bonds. The third-order valence-electron chi connectivity index (χ3n) is 5.68. The summed E-state index contributed by atoms with van der Waals surface area (Å²) in [6.07, 6.45) is 2.42. The van der Waals surface area contributed by atoms with Gasteiger partial charge < -0.3 is 14.9 Å². The van der Waals surface area contributed by atoms with Crippen LogP contribution in [0.2, 0.25) is 0 Å². The van der Waals surface area contributed by atoms with Gasteiger partial charge in [0, 0.05) is 38.8 Å². The van der Waals surface area contributed by atoms with Crippen molar-refractivity contribution in [2.45, 2.75) is 32.2 Å². The van der Waals surface area contributed by atoms with E-state index in [1.165, 1.54) is 0 Å². The number of carbonyl (C=O) groups is 1. The highest BCUT2D eigenvalue weighted by atomic mass is 32.2. The number of phenolic OH excluding ortho intramolecular Hbond substituents is 1. The summed E-state index contributed by atoms with van der Waals surface area (Å²) in [6, 6.07) is 7.13. The highest BCUT2D eigenvalue weighted by molar-refractivity contribution is 7.91. The van der Waals surface area contributed by atoms with Crippen molar-refractivity contribution in [3.63, 3.8) is 0 Å². The van der Waals surface area contributed by atoms with E-state index in [1.807, 2.05) is 23.1 Å². The second-order valence-corrected chi connectivity index (χ2v) is 9.98. The summed E-state index contributed by atoms with van der Waals surface area (Å²) >= 11 is 0. The summed E-state index contributed by atoms with van der Waals surface area (Å²) in [5, 5.41) is 10.0. The summed E-state index contributed by atoms with van der Waals surface area (Å²) in [4.78, 5) is 19.0. The summed E-state index contributed by atoms with van der Waals surface area (Å²) in [6.45, 7) is 6.01. The molecule has 2 fully saturated rings. The van der Waals surface area contributed by atoms with Crippen molar-refractivity contribution >= 4 is 21.4 Å². The molecule has 0 aliphatic carbocycles. The number of hydrogen-bond acceptors (Lipinski definition) is 6. The van der Waals surface area contributed by atoms with Gasteiger partial charge in [-0.25, -0.2) is 8.42 Å². The summed E-state index contributed by atoms with van der Waals surface area (Å²) in [7, 11) is -3.01. The zero-order valence-corrected chi connectivity index (χ0v) is 17.4. The number of benzene rings is 1. The Morgan fingerprint density at radius 3 is 2.54 bits per heavy atom. The molecule has 0 spiro atoms. The maximum absolute atomic E-state index is 13.0. The Balaban J connectivity index is 1.56. The van der Waals surface area contributed by atoms with Gasteiger partial charge in [-0.2, -0.15) is 0 Å². The highest BCUT2D eigenvalue weighted by Gasteiger charge is 2.35. The normalized spacial score (nSPS) is 22.3. The number of aromatic hydroxyl groups is 1. The van der Waals surface area contributed by atoms with E-state index in [1.54, 1.807) is 6.07 Å². The third kappa shape index (κ3) is 5.17. The summed E-state index contributed by atoms with van der Waals surface area (Å²) in [5.74, 6) is 0.600. The fourth-order valence-electron chi connectivity index (χ4n) is 4.02. The van der Waals surface area contributed by atoms with Gasteiger partial charge in [0.05, 0.1) is 23.7 Å². The van der Waals surface area contributed by atoms with Crippen molar-refractivity contribution in [2.75, 3.05) is 55.7 Å². The predicted octanol–water partition coefficient (Wildman–Crippen LogP) is 1.33. The molecular formula is C20H31N3O4S. The van der Waals surface area contributed by atoms with E-state index in [-0.39, 0.29) is 29.2 Å². The number of phenols is 1. The van der Waals surface area contributed by atoms with E-state index < -0.39 is 9.84 Å². The average molecular weight is 410 g/mol. The van der Waals surface area contributed by atoms with Gasteiger partial charge >= 0.3 is 0 Å². The van der Waals surface area contributed by atoms with Gasteiger partial charge in [0.2, 0.25) is 5.91 Å². The van der Waals surface area contributed by atoms with Crippen LogP contribution in [0, 0.1) is 0 Å². The maximum atomic E-state index is 13.0. The van der Waals surface area contributed by atoms with E-state index in [4.69, 9.17) is 0 Å². The van der Waals surface area contributed by atoms with Crippen LogP contribution in [-0.2, 0) is 14.6 Å². The van der Waals surface area contributed by atoms with Gasteiger partial charge in [0.25, 0.3) is 0 Å². The standard InChI is InChI=1S/C20H31N3O4S/c1-2-3-9-23(17-8-14-28(26,27)16-17)20(25)15-21-10-12-22(13-11-21)18-6-4-5-7-19(18)24/h4-7,17,24H,2-3,8-16H2,1H3/t17-/m1/s1. The molecule has 8 heteroatoms.